The summed E-state index contributed by atoms with van der Waals surface area (Å²) in [4.78, 5) is 27.2. The van der Waals surface area contributed by atoms with Gasteiger partial charge in [-0.25, -0.2) is 4.79 Å². The number of nitrogens with zero attached hydrogens (tertiary/aromatic N) is 1. The summed E-state index contributed by atoms with van der Waals surface area (Å²) in [6.07, 6.45) is 4.35. The van der Waals surface area contributed by atoms with E-state index < -0.39 is 42.3 Å². The summed E-state index contributed by atoms with van der Waals surface area (Å²) in [5.74, 6) is -1.26. The molecule has 1 saturated heterocycles. The third-order valence-electron chi connectivity index (χ3n) is 8.51. The van der Waals surface area contributed by atoms with Crippen molar-refractivity contribution in [3.63, 3.8) is 0 Å². The maximum Gasteiger partial charge on any atom is 0.405 e. The van der Waals surface area contributed by atoms with Gasteiger partial charge in [-0.3, -0.25) is 4.79 Å². The van der Waals surface area contributed by atoms with Crippen LogP contribution in [0.25, 0.3) is 0 Å². The second-order valence-electron chi connectivity index (χ2n) is 12.1. The second-order valence-corrected chi connectivity index (χ2v) is 12.1. The number of ether oxygens (including phenoxy) is 3. The second kappa shape index (κ2) is 16.6. The largest absolute Gasteiger partial charge is 0.506 e. The Balaban J connectivity index is 2.05. The number of primary amides is 1. The van der Waals surface area contributed by atoms with Crippen molar-refractivity contribution in [3.8, 4) is 11.5 Å². The maximum absolute atomic E-state index is 13.1. The van der Waals surface area contributed by atoms with Crippen LogP contribution < -0.4 is 16.4 Å². The highest BCUT2D eigenvalue weighted by Gasteiger charge is 2.30. The third-order valence-corrected chi connectivity index (χ3v) is 8.51. The van der Waals surface area contributed by atoms with Gasteiger partial charge < -0.3 is 50.8 Å². The zero-order valence-electron chi connectivity index (χ0n) is 27.2. The normalized spacial score (nSPS) is 30.2. The van der Waals surface area contributed by atoms with Gasteiger partial charge in [0.1, 0.15) is 17.6 Å². The van der Waals surface area contributed by atoms with Crippen LogP contribution in [0.15, 0.2) is 41.5 Å². The average Bonchev–Trinajstić information content (AvgIpc) is 2.96. The van der Waals surface area contributed by atoms with Crippen molar-refractivity contribution < 1.29 is 39.1 Å². The molecule has 3 rings (SSSR count). The van der Waals surface area contributed by atoms with Crippen LogP contribution in [0.3, 0.4) is 0 Å². The number of carbonyl (C=O) groups excluding carboxylic acids is 2. The Hall–Kier alpha value is -3.58. The molecule has 12 heteroatoms. The van der Waals surface area contributed by atoms with E-state index in [2.05, 4.69) is 15.5 Å². The number of aliphatic hydroxyl groups is 1. The number of benzene rings is 1. The van der Waals surface area contributed by atoms with Crippen LogP contribution in [0.2, 0.25) is 0 Å². The monoisotopic (exact) mass is 630 g/mol. The fourth-order valence-corrected chi connectivity index (χ4v) is 5.75. The van der Waals surface area contributed by atoms with Crippen molar-refractivity contribution in [2.45, 2.75) is 71.4 Å². The quantitative estimate of drug-likeness (QED) is 0.148. The summed E-state index contributed by atoms with van der Waals surface area (Å²) in [6, 6.07) is 1.34. The molecule has 1 aromatic carbocycles. The molecule has 7 N–H and O–H groups in total. The van der Waals surface area contributed by atoms with Crippen LogP contribution in [-0.4, -0.2) is 97.0 Å². The Morgan fingerprint density at radius 1 is 1.18 bits per heavy atom. The summed E-state index contributed by atoms with van der Waals surface area (Å²) in [5.41, 5.74) is 7.24. The summed E-state index contributed by atoms with van der Waals surface area (Å²) < 4.78 is 16.7. The van der Waals surface area contributed by atoms with E-state index in [0.29, 0.717) is 41.8 Å². The Morgan fingerprint density at radius 2 is 1.89 bits per heavy atom. The number of carbonyl (C=O) groups is 2. The highest BCUT2D eigenvalue weighted by atomic mass is 16.6. The first-order chi connectivity index (χ1) is 21.4. The van der Waals surface area contributed by atoms with E-state index in [0.717, 1.165) is 19.6 Å². The molecule has 2 heterocycles. The first-order valence-electron chi connectivity index (χ1n) is 15.4. The molecule has 0 radical (unpaired) electrons. The smallest absolute Gasteiger partial charge is 0.405 e. The molecule has 0 aromatic heterocycles. The Morgan fingerprint density at radius 3 is 2.49 bits per heavy atom. The van der Waals surface area contributed by atoms with E-state index in [1.165, 1.54) is 26.7 Å². The molecule has 0 aliphatic carbocycles. The average molecular weight is 631 g/mol. The van der Waals surface area contributed by atoms with Gasteiger partial charge in [0.25, 0.3) is 5.91 Å². The highest BCUT2D eigenvalue weighted by Crippen LogP contribution is 2.42. The van der Waals surface area contributed by atoms with E-state index in [4.69, 9.17) is 19.9 Å². The van der Waals surface area contributed by atoms with Crippen molar-refractivity contribution in [1.29, 1.82) is 0 Å². The summed E-state index contributed by atoms with van der Waals surface area (Å²) in [5, 5.41) is 39.8. The minimum Gasteiger partial charge on any atom is -0.506 e. The zero-order chi connectivity index (χ0) is 33.3. The number of phenols is 2. The Labute approximate surface area is 265 Å². The highest BCUT2D eigenvalue weighted by molar-refractivity contribution is 6.04. The van der Waals surface area contributed by atoms with Gasteiger partial charge in [0.2, 0.25) is 0 Å². The molecule has 2 aliphatic rings. The number of aromatic hydroxyl groups is 2. The lowest BCUT2D eigenvalue weighted by atomic mass is 9.87. The van der Waals surface area contributed by atoms with Gasteiger partial charge in [-0.15, -0.1) is 0 Å². The van der Waals surface area contributed by atoms with Gasteiger partial charge in [-0.2, -0.15) is 0 Å². The van der Waals surface area contributed by atoms with Gasteiger partial charge in [0.05, 0.1) is 23.6 Å². The minimum atomic E-state index is -0.983. The fraction of sp³-hybridized carbons (Fsp3) is 0.576. The molecular weight excluding hydrogens is 580 g/mol. The van der Waals surface area contributed by atoms with Crippen LogP contribution in [0.5, 0.6) is 11.5 Å². The number of hydrogen-bond donors (Lipinski definition) is 6. The molecule has 0 saturated carbocycles. The lowest BCUT2D eigenvalue weighted by Crippen LogP contribution is -2.40. The number of hydrogen-bond acceptors (Lipinski definition) is 10. The van der Waals surface area contributed by atoms with Gasteiger partial charge in [-0.1, -0.05) is 38.2 Å². The molecule has 1 aromatic rings. The summed E-state index contributed by atoms with van der Waals surface area (Å²) in [7, 11) is 2.98. The molecule has 1 fully saturated rings. The number of anilines is 2. The number of aliphatic hydroxyl groups excluding tert-OH is 1. The number of amides is 2. The van der Waals surface area contributed by atoms with Crippen LogP contribution in [-0.2, 0) is 25.4 Å². The molecular formula is C33H50N4O8. The van der Waals surface area contributed by atoms with Crippen LogP contribution >= 0.6 is 0 Å². The predicted molar refractivity (Wildman–Crippen MR) is 173 cm³/mol. The number of nitrogens with two attached hydrogens (primary N) is 1. The van der Waals surface area contributed by atoms with Crippen molar-refractivity contribution in [3.05, 3.63) is 47.1 Å². The zero-order valence-corrected chi connectivity index (χ0v) is 27.2. The van der Waals surface area contributed by atoms with Gasteiger partial charge in [0, 0.05) is 50.4 Å². The first-order valence-corrected chi connectivity index (χ1v) is 15.4. The predicted octanol–water partition coefficient (Wildman–Crippen LogP) is 3.68. The Kier molecular flexibility index (Phi) is 13.3. The number of rotatable bonds is 7. The number of allylic oxidation sites excluding steroid dienone is 2. The van der Waals surface area contributed by atoms with Crippen molar-refractivity contribution in [2.75, 3.05) is 51.0 Å². The van der Waals surface area contributed by atoms with Crippen LogP contribution in [0.1, 0.15) is 46.1 Å². The molecule has 2 aliphatic heterocycles. The van der Waals surface area contributed by atoms with E-state index in [1.54, 1.807) is 38.2 Å². The molecule has 12 nitrogen and oxygen atoms in total. The molecule has 0 unspecified atom stereocenters. The van der Waals surface area contributed by atoms with E-state index in [-0.39, 0.29) is 23.1 Å². The number of phenolic OH excluding ortho intramolecular Hbond substituents is 2. The summed E-state index contributed by atoms with van der Waals surface area (Å²) in [6.45, 7) is 10.6. The first kappa shape index (κ1) is 35.9. The van der Waals surface area contributed by atoms with E-state index in [1.807, 2.05) is 13.8 Å². The molecule has 2 amide bonds. The lowest BCUT2D eigenvalue weighted by molar-refractivity contribution is -0.112. The SMILES string of the molecule is CO[C@H]1/C=C\C=C(/C)C(=O)Nc2cc(O)c(NCCN3CCC3)c(c2O)C[C@@H](C)C[C@H](OC)[C@H](O)[C@@H](C)/C=C(\C)[C@@H]1OC(N)=O. The van der Waals surface area contributed by atoms with Crippen molar-refractivity contribution in [1.82, 2.24) is 4.90 Å². The van der Waals surface area contributed by atoms with Gasteiger partial charge >= 0.3 is 6.09 Å². The van der Waals surface area contributed by atoms with E-state index in [9.17, 15) is 24.9 Å². The molecule has 2 bridgehead atoms. The van der Waals surface area contributed by atoms with Crippen LogP contribution in [0.4, 0.5) is 16.2 Å². The molecule has 45 heavy (non-hydrogen) atoms. The fourth-order valence-electron chi connectivity index (χ4n) is 5.75. The lowest BCUT2D eigenvalue weighted by Gasteiger charge is -2.31. The molecule has 6 atom stereocenters. The van der Waals surface area contributed by atoms with Crippen LogP contribution in [0, 0.1) is 11.8 Å². The number of methoxy groups -OCH3 is 2. The van der Waals surface area contributed by atoms with E-state index >= 15 is 0 Å². The minimum absolute atomic E-state index is 0.0732. The van der Waals surface area contributed by atoms with Crippen molar-refractivity contribution in [2.24, 2.45) is 17.6 Å². The summed E-state index contributed by atoms with van der Waals surface area (Å²) >= 11 is 0. The molecule has 250 valence electrons. The van der Waals surface area contributed by atoms with Gasteiger partial charge in [-0.05, 0) is 57.7 Å². The molecule has 0 spiro atoms. The third kappa shape index (κ3) is 9.70. The Bertz CT molecular complexity index is 1280. The topological polar surface area (TPSA) is 176 Å². The number of likely N-dealkylation sites (tertiary alicyclic amines) is 1. The maximum atomic E-state index is 13.1. The standard InChI is InChI=1S/C33H50N4O8/c1-19-15-23-28(35-11-14-37-12-8-13-37)25(38)18-24(30(23)40)36-32(41)20(2)9-7-10-26(43-5)31(45-33(34)42)22(4)17-21(3)29(39)27(16-19)44-6/h7,9-10,17-19,21,26-27,29,31,35,38-40H,8,11-16H2,1-6H3,(H2,34,42)(H,36,41)/b10-7-,20-9+,22-17+/t19-,21+,26+,27+,29-,31+/m1/s1. The number of nitrogens with one attached hydrogen (secondary N) is 2. The van der Waals surface area contributed by atoms with Crippen molar-refractivity contribution >= 4 is 23.4 Å². The van der Waals surface area contributed by atoms with Gasteiger partial charge in [0.15, 0.2) is 6.10 Å². The number of fused-ring (bicyclic) bond motifs is 2.